The van der Waals surface area contributed by atoms with Gasteiger partial charge in [0, 0.05) is 18.2 Å². The molecule has 0 unspecified atom stereocenters. The van der Waals surface area contributed by atoms with E-state index in [-0.39, 0.29) is 6.10 Å². The summed E-state index contributed by atoms with van der Waals surface area (Å²) in [6.07, 6.45) is 0.0868. The predicted molar refractivity (Wildman–Crippen MR) is 59.7 cm³/mol. The molecule has 0 radical (unpaired) electrons. The summed E-state index contributed by atoms with van der Waals surface area (Å²) in [5, 5.41) is 3.86. The highest BCUT2D eigenvalue weighted by atomic mass is 35.5. The van der Waals surface area contributed by atoms with Gasteiger partial charge in [0.1, 0.15) is 0 Å². The molecule has 0 aliphatic heterocycles. The van der Waals surface area contributed by atoms with Crippen LogP contribution < -0.4 is 5.32 Å². The molecule has 0 saturated carbocycles. The van der Waals surface area contributed by atoms with Gasteiger partial charge in [0.25, 0.3) is 0 Å². The van der Waals surface area contributed by atoms with Gasteiger partial charge in [-0.05, 0) is 31.7 Å². The van der Waals surface area contributed by atoms with Gasteiger partial charge < -0.3 is 10.1 Å². The van der Waals surface area contributed by atoms with Gasteiger partial charge in [0.2, 0.25) is 0 Å². The molecule has 1 aromatic rings. The molecule has 0 bridgehead atoms. The fourth-order valence-corrected chi connectivity index (χ4v) is 1.57. The molecule has 0 saturated heterocycles. The summed E-state index contributed by atoms with van der Waals surface area (Å²) in [6.45, 7) is 3.50. The highest BCUT2D eigenvalue weighted by molar-refractivity contribution is 6.30. The van der Waals surface area contributed by atoms with Crippen molar-refractivity contribution in [3.63, 3.8) is 0 Å². The fraction of sp³-hybridized carbons (Fsp3) is 0.455. The number of benzene rings is 1. The first-order valence-electron chi connectivity index (χ1n) is 4.79. The monoisotopic (exact) mass is 213 g/mol. The van der Waals surface area contributed by atoms with Crippen molar-refractivity contribution >= 4 is 11.6 Å². The van der Waals surface area contributed by atoms with Crippen LogP contribution in [-0.4, -0.2) is 20.2 Å². The summed E-state index contributed by atoms with van der Waals surface area (Å²) >= 11 is 5.91. The van der Waals surface area contributed by atoms with Crippen molar-refractivity contribution in [1.82, 2.24) is 5.32 Å². The van der Waals surface area contributed by atoms with Crippen LogP contribution in [0.1, 0.15) is 18.6 Å². The Labute approximate surface area is 90.2 Å². The second kappa shape index (κ2) is 6.02. The lowest BCUT2D eigenvalue weighted by molar-refractivity contribution is 0.0638. The third-order valence-corrected chi connectivity index (χ3v) is 2.21. The van der Waals surface area contributed by atoms with Gasteiger partial charge in [-0.2, -0.15) is 0 Å². The van der Waals surface area contributed by atoms with E-state index >= 15 is 0 Å². The van der Waals surface area contributed by atoms with Crippen molar-refractivity contribution in [2.75, 3.05) is 20.2 Å². The Hall–Kier alpha value is -0.570. The molecular weight excluding hydrogens is 198 g/mol. The second-order valence-corrected chi connectivity index (χ2v) is 3.49. The zero-order chi connectivity index (χ0) is 10.4. The summed E-state index contributed by atoms with van der Waals surface area (Å²) in [6, 6.07) is 7.79. The zero-order valence-corrected chi connectivity index (χ0v) is 9.34. The molecule has 14 heavy (non-hydrogen) atoms. The third kappa shape index (κ3) is 3.29. The molecule has 0 aliphatic carbocycles. The molecule has 2 nitrogen and oxygen atoms in total. The van der Waals surface area contributed by atoms with E-state index in [9.17, 15) is 0 Å². The Balaban J connectivity index is 2.75. The van der Waals surface area contributed by atoms with Crippen LogP contribution in [0.5, 0.6) is 0 Å². The summed E-state index contributed by atoms with van der Waals surface area (Å²) in [5.74, 6) is 0. The highest BCUT2D eigenvalue weighted by Gasteiger charge is 2.09. The maximum atomic E-state index is 5.91. The SMILES string of the molecule is CCO[C@H](CNC)c1cccc(Cl)c1. The number of hydrogen-bond acceptors (Lipinski definition) is 2. The number of nitrogens with one attached hydrogen (secondary N) is 1. The second-order valence-electron chi connectivity index (χ2n) is 3.06. The quantitative estimate of drug-likeness (QED) is 0.812. The van der Waals surface area contributed by atoms with Crippen molar-refractivity contribution in [2.24, 2.45) is 0 Å². The average Bonchev–Trinajstić information content (AvgIpc) is 2.17. The van der Waals surface area contributed by atoms with Crippen LogP contribution >= 0.6 is 11.6 Å². The van der Waals surface area contributed by atoms with Gasteiger partial charge in [-0.15, -0.1) is 0 Å². The maximum Gasteiger partial charge on any atom is 0.0949 e. The maximum absolute atomic E-state index is 5.91. The van der Waals surface area contributed by atoms with Crippen molar-refractivity contribution in [3.05, 3.63) is 34.9 Å². The fourth-order valence-electron chi connectivity index (χ4n) is 1.37. The number of likely N-dealkylation sites (N-methyl/N-ethyl adjacent to an activating group) is 1. The van der Waals surface area contributed by atoms with E-state index in [0.29, 0.717) is 6.61 Å². The number of hydrogen-bond donors (Lipinski definition) is 1. The Kier molecular flexibility index (Phi) is 4.94. The summed E-state index contributed by atoms with van der Waals surface area (Å²) in [7, 11) is 1.91. The Morgan fingerprint density at radius 1 is 1.50 bits per heavy atom. The Morgan fingerprint density at radius 3 is 2.86 bits per heavy atom. The smallest absolute Gasteiger partial charge is 0.0949 e. The van der Waals surface area contributed by atoms with Gasteiger partial charge in [-0.3, -0.25) is 0 Å². The Morgan fingerprint density at radius 2 is 2.29 bits per heavy atom. The molecule has 0 aliphatic rings. The first-order chi connectivity index (χ1) is 6.77. The molecule has 0 fully saturated rings. The highest BCUT2D eigenvalue weighted by Crippen LogP contribution is 2.20. The lowest BCUT2D eigenvalue weighted by Gasteiger charge is -2.17. The zero-order valence-electron chi connectivity index (χ0n) is 8.59. The van der Waals surface area contributed by atoms with Gasteiger partial charge in [-0.1, -0.05) is 23.7 Å². The van der Waals surface area contributed by atoms with Crippen LogP contribution in [0.25, 0.3) is 0 Å². The molecule has 0 aromatic heterocycles. The minimum atomic E-state index is 0.0868. The number of ether oxygens (including phenoxy) is 1. The van der Waals surface area contributed by atoms with E-state index in [0.717, 1.165) is 17.1 Å². The lowest BCUT2D eigenvalue weighted by Crippen LogP contribution is -2.19. The minimum Gasteiger partial charge on any atom is -0.372 e. The van der Waals surface area contributed by atoms with E-state index in [1.54, 1.807) is 0 Å². The largest absolute Gasteiger partial charge is 0.372 e. The Bertz CT molecular complexity index is 272. The van der Waals surface area contributed by atoms with E-state index in [1.165, 1.54) is 0 Å². The number of rotatable bonds is 5. The predicted octanol–water partition coefficient (Wildman–Crippen LogP) is 2.64. The molecule has 78 valence electrons. The minimum absolute atomic E-state index is 0.0868. The first kappa shape index (κ1) is 11.5. The van der Waals surface area contributed by atoms with Gasteiger partial charge >= 0.3 is 0 Å². The van der Waals surface area contributed by atoms with Crippen LogP contribution in [0.2, 0.25) is 5.02 Å². The van der Waals surface area contributed by atoms with Crippen molar-refractivity contribution in [3.8, 4) is 0 Å². The molecule has 3 heteroatoms. The van der Waals surface area contributed by atoms with Gasteiger partial charge in [0.15, 0.2) is 0 Å². The number of halogens is 1. The molecule has 0 amide bonds. The molecule has 1 atom stereocenters. The molecule has 1 rings (SSSR count). The van der Waals surface area contributed by atoms with Crippen LogP contribution in [0, 0.1) is 0 Å². The van der Waals surface area contributed by atoms with Crippen molar-refractivity contribution in [1.29, 1.82) is 0 Å². The van der Waals surface area contributed by atoms with Crippen LogP contribution in [0.15, 0.2) is 24.3 Å². The van der Waals surface area contributed by atoms with Crippen molar-refractivity contribution in [2.45, 2.75) is 13.0 Å². The van der Waals surface area contributed by atoms with E-state index < -0.39 is 0 Å². The van der Waals surface area contributed by atoms with Crippen LogP contribution in [0.4, 0.5) is 0 Å². The summed E-state index contributed by atoms with van der Waals surface area (Å²) in [4.78, 5) is 0. The van der Waals surface area contributed by atoms with E-state index in [4.69, 9.17) is 16.3 Å². The van der Waals surface area contributed by atoms with Crippen LogP contribution in [0.3, 0.4) is 0 Å². The lowest BCUT2D eigenvalue weighted by atomic mass is 10.1. The molecular formula is C11H16ClNO. The van der Waals surface area contributed by atoms with Crippen LogP contribution in [-0.2, 0) is 4.74 Å². The van der Waals surface area contributed by atoms with Crippen molar-refractivity contribution < 1.29 is 4.74 Å². The molecule has 1 aromatic carbocycles. The van der Waals surface area contributed by atoms with Gasteiger partial charge in [0.05, 0.1) is 6.10 Å². The van der Waals surface area contributed by atoms with E-state index in [2.05, 4.69) is 5.32 Å². The standard InChI is InChI=1S/C11H16ClNO/c1-3-14-11(8-13-2)9-5-4-6-10(12)7-9/h4-7,11,13H,3,8H2,1-2H3/t11-/m1/s1. The summed E-state index contributed by atoms with van der Waals surface area (Å²) < 4.78 is 5.60. The van der Waals surface area contributed by atoms with Gasteiger partial charge in [-0.25, -0.2) is 0 Å². The third-order valence-electron chi connectivity index (χ3n) is 1.98. The normalized spacial score (nSPS) is 12.8. The molecule has 0 heterocycles. The first-order valence-corrected chi connectivity index (χ1v) is 5.17. The average molecular weight is 214 g/mol. The molecule has 0 spiro atoms. The van der Waals surface area contributed by atoms with E-state index in [1.807, 2.05) is 38.2 Å². The topological polar surface area (TPSA) is 21.3 Å². The summed E-state index contributed by atoms with van der Waals surface area (Å²) in [5.41, 5.74) is 1.12. The molecule has 1 N–H and O–H groups in total.